The van der Waals surface area contributed by atoms with Gasteiger partial charge in [-0.2, -0.15) is 5.10 Å². The molecule has 150 valence electrons. The number of hydrogen-bond acceptors (Lipinski definition) is 4. The van der Waals surface area contributed by atoms with Crippen LogP contribution in [0, 0.1) is 0 Å². The predicted octanol–water partition coefficient (Wildman–Crippen LogP) is 4.43. The van der Waals surface area contributed by atoms with Gasteiger partial charge in [-0.25, -0.2) is 4.68 Å². The van der Waals surface area contributed by atoms with Gasteiger partial charge in [-0.1, -0.05) is 18.2 Å². The quantitative estimate of drug-likeness (QED) is 0.522. The number of nitrogens with zero attached hydrogens (tertiary/aromatic N) is 3. The van der Waals surface area contributed by atoms with Crippen LogP contribution in [0.4, 0.5) is 0 Å². The molecule has 1 atom stereocenters. The summed E-state index contributed by atoms with van der Waals surface area (Å²) in [5, 5.41) is 7.78. The van der Waals surface area contributed by atoms with Crippen LogP contribution in [-0.4, -0.2) is 27.8 Å². The third-order valence-electron chi connectivity index (χ3n) is 4.90. The molecule has 0 spiro atoms. The van der Waals surface area contributed by atoms with Gasteiger partial charge in [0.05, 0.1) is 24.4 Å². The van der Waals surface area contributed by atoms with Crippen LogP contribution in [0.1, 0.15) is 28.9 Å². The summed E-state index contributed by atoms with van der Waals surface area (Å²) in [6.07, 6.45) is 5.20. The summed E-state index contributed by atoms with van der Waals surface area (Å²) in [6, 6.07) is 20.9. The minimum atomic E-state index is -0.188. The average Bonchev–Trinajstić information content (AvgIpc) is 3.26. The standard InChI is InChI=1S/C24H22N4O2/c1-17(18-12-14-25-15-13-18)26-24(29)22-16-28(20-6-4-3-5-7-20)27-23(22)19-8-10-21(30-2)11-9-19/h3-17H,1-2H3,(H,26,29). The van der Waals surface area contributed by atoms with Gasteiger partial charge in [-0.05, 0) is 61.0 Å². The predicted molar refractivity (Wildman–Crippen MR) is 116 cm³/mol. The third kappa shape index (κ3) is 4.07. The van der Waals surface area contributed by atoms with Gasteiger partial charge in [0, 0.05) is 24.2 Å². The highest BCUT2D eigenvalue weighted by Crippen LogP contribution is 2.26. The van der Waals surface area contributed by atoms with Crippen molar-refractivity contribution in [2.24, 2.45) is 0 Å². The van der Waals surface area contributed by atoms with Crippen LogP contribution < -0.4 is 10.1 Å². The third-order valence-corrected chi connectivity index (χ3v) is 4.90. The van der Waals surface area contributed by atoms with Gasteiger partial charge in [-0.15, -0.1) is 0 Å². The van der Waals surface area contributed by atoms with Crippen molar-refractivity contribution in [3.8, 4) is 22.7 Å². The Morgan fingerprint density at radius 3 is 2.37 bits per heavy atom. The van der Waals surface area contributed by atoms with Gasteiger partial charge in [0.2, 0.25) is 0 Å². The van der Waals surface area contributed by atoms with Crippen molar-refractivity contribution in [1.82, 2.24) is 20.1 Å². The van der Waals surface area contributed by atoms with E-state index >= 15 is 0 Å². The molecule has 0 fully saturated rings. The maximum atomic E-state index is 13.2. The highest BCUT2D eigenvalue weighted by molar-refractivity contribution is 6.00. The Balaban J connectivity index is 1.71. The Hall–Kier alpha value is -3.93. The van der Waals surface area contributed by atoms with Gasteiger partial charge in [0.1, 0.15) is 11.4 Å². The van der Waals surface area contributed by atoms with Crippen molar-refractivity contribution in [2.45, 2.75) is 13.0 Å². The normalized spacial score (nSPS) is 11.7. The van der Waals surface area contributed by atoms with Gasteiger partial charge >= 0.3 is 0 Å². The average molecular weight is 398 g/mol. The van der Waals surface area contributed by atoms with E-state index in [0.29, 0.717) is 11.3 Å². The number of methoxy groups -OCH3 is 1. The van der Waals surface area contributed by atoms with E-state index in [1.54, 1.807) is 30.4 Å². The van der Waals surface area contributed by atoms with Crippen LogP contribution in [0.2, 0.25) is 0 Å². The minimum Gasteiger partial charge on any atom is -0.497 e. The summed E-state index contributed by atoms with van der Waals surface area (Å²) >= 11 is 0. The molecule has 4 rings (SSSR count). The molecule has 0 saturated heterocycles. The summed E-state index contributed by atoms with van der Waals surface area (Å²) in [4.78, 5) is 17.2. The van der Waals surface area contributed by atoms with Gasteiger partial charge < -0.3 is 10.1 Å². The largest absolute Gasteiger partial charge is 0.497 e. The number of amides is 1. The maximum absolute atomic E-state index is 13.2. The Bertz CT molecular complexity index is 1120. The molecule has 0 saturated carbocycles. The van der Waals surface area contributed by atoms with Crippen LogP contribution in [-0.2, 0) is 0 Å². The second-order valence-corrected chi connectivity index (χ2v) is 6.88. The molecule has 2 aromatic carbocycles. The van der Waals surface area contributed by atoms with Crippen LogP contribution in [0.15, 0.2) is 85.3 Å². The van der Waals surface area contributed by atoms with E-state index in [-0.39, 0.29) is 11.9 Å². The van der Waals surface area contributed by atoms with E-state index in [0.717, 1.165) is 22.6 Å². The Morgan fingerprint density at radius 1 is 1.00 bits per heavy atom. The van der Waals surface area contributed by atoms with Crippen molar-refractivity contribution in [3.05, 3.63) is 96.4 Å². The Morgan fingerprint density at radius 2 is 1.70 bits per heavy atom. The highest BCUT2D eigenvalue weighted by atomic mass is 16.5. The molecule has 0 aliphatic heterocycles. The molecule has 1 N–H and O–H groups in total. The number of nitrogens with one attached hydrogen (secondary N) is 1. The monoisotopic (exact) mass is 398 g/mol. The van der Waals surface area contributed by atoms with E-state index in [9.17, 15) is 4.79 Å². The zero-order chi connectivity index (χ0) is 20.9. The second-order valence-electron chi connectivity index (χ2n) is 6.88. The number of rotatable bonds is 6. The van der Waals surface area contributed by atoms with E-state index in [1.165, 1.54) is 0 Å². The molecule has 2 heterocycles. The summed E-state index contributed by atoms with van der Waals surface area (Å²) in [6.45, 7) is 1.95. The molecule has 30 heavy (non-hydrogen) atoms. The minimum absolute atomic E-state index is 0.163. The van der Waals surface area contributed by atoms with E-state index in [4.69, 9.17) is 9.84 Å². The van der Waals surface area contributed by atoms with Crippen LogP contribution in [0.5, 0.6) is 5.75 Å². The topological polar surface area (TPSA) is 69.0 Å². The fourth-order valence-corrected chi connectivity index (χ4v) is 3.23. The number of ether oxygens (including phenoxy) is 1. The molecule has 6 heteroatoms. The van der Waals surface area contributed by atoms with Crippen LogP contribution in [0.3, 0.4) is 0 Å². The summed E-state index contributed by atoms with van der Waals surface area (Å²) in [5.41, 5.74) is 3.83. The number of para-hydroxylation sites is 1. The van der Waals surface area contributed by atoms with Gasteiger partial charge in [0.25, 0.3) is 5.91 Å². The summed E-state index contributed by atoms with van der Waals surface area (Å²) in [5.74, 6) is 0.561. The number of carbonyl (C=O) groups is 1. The summed E-state index contributed by atoms with van der Waals surface area (Å²) in [7, 11) is 1.62. The molecule has 1 amide bonds. The molecule has 2 aromatic heterocycles. The lowest BCUT2D eigenvalue weighted by Gasteiger charge is -2.14. The van der Waals surface area contributed by atoms with Gasteiger partial charge in [0.15, 0.2) is 0 Å². The number of benzene rings is 2. The Labute approximate surface area is 175 Å². The van der Waals surface area contributed by atoms with Crippen molar-refractivity contribution in [2.75, 3.05) is 7.11 Å². The molecule has 0 aliphatic rings. The van der Waals surface area contributed by atoms with Crippen molar-refractivity contribution in [3.63, 3.8) is 0 Å². The number of hydrogen-bond donors (Lipinski definition) is 1. The van der Waals surface area contributed by atoms with Crippen molar-refractivity contribution >= 4 is 5.91 Å². The molecular formula is C24H22N4O2. The first-order chi connectivity index (χ1) is 14.7. The first-order valence-electron chi connectivity index (χ1n) is 9.66. The molecular weight excluding hydrogens is 376 g/mol. The van der Waals surface area contributed by atoms with Crippen LogP contribution >= 0.6 is 0 Å². The Kier molecular flexibility index (Phi) is 5.57. The molecule has 1 unspecified atom stereocenters. The van der Waals surface area contributed by atoms with Crippen molar-refractivity contribution < 1.29 is 9.53 Å². The zero-order valence-corrected chi connectivity index (χ0v) is 16.8. The van der Waals surface area contributed by atoms with E-state index in [1.807, 2.05) is 73.7 Å². The van der Waals surface area contributed by atoms with E-state index < -0.39 is 0 Å². The van der Waals surface area contributed by atoms with Gasteiger partial charge in [-0.3, -0.25) is 9.78 Å². The smallest absolute Gasteiger partial charge is 0.255 e. The second kappa shape index (κ2) is 8.61. The fourth-order valence-electron chi connectivity index (χ4n) is 3.23. The molecule has 0 bridgehead atoms. The first-order valence-corrected chi connectivity index (χ1v) is 9.66. The number of pyridine rings is 1. The molecule has 4 aromatic rings. The van der Waals surface area contributed by atoms with Crippen molar-refractivity contribution in [1.29, 1.82) is 0 Å². The molecule has 6 nitrogen and oxygen atoms in total. The first kappa shape index (κ1) is 19.4. The zero-order valence-electron chi connectivity index (χ0n) is 16.8. The highest BCUT2D eigenvalue weighted by Gasteiger charge is 2.20. The number of aromatic nitrogens is 3. The lowest BCUT2D eigenvalue weighted by molar-refractivity contribution is 0.0940. The molecule has 0 aliphatic carbocycles. The lowest BCUT2D eigenvalue weighted by atomic mass is 10.1. The maximum Gasteiger partial charge on any atom is 0.255 e. The van der Waals surface area contributed by atoms with E-state index in [2.05, 4.69) is 10.3 Å². The lowest BCUT2D eigenvalue weighted by Crippen LogP contribution is -2.26. The van der Waals surface area contributed by atoms with Crippen LogP contribution in [0.25, 0.3) is 16.9 Å². The molecule has 0 radical (unpaired) electrons. The number of carbonyl (C=O) groups excluding carboxylic acids is 1. The SMILES string of the molecule is COc1ccc(-c2nn(-c3ccccc3)cc2C(=O)NC(C)c2ccncc2)cc1. The summed E-state index contributed by atoms with van der Waals surface area (Å²) < 4.78 is 6.98. The fraction of sp³-hybridized carbons (Fsp3) is 0.125.